The molecule has 5 rings (SSSR count). The van der Waals surface area contributed by atoms with Crippen LogP contribution in [0, 0.1) is 17.6 Å². The molecule has 0 bridgehead atoms. The predicted octanol–water partition coefficient (Wildman–Crippen LogP) is 7.67. The summed E-state index contributed by atoms with van der Waals surface area (Å²) in [6.45, 7) is 4.71. The number of fused-ring (bicyclic) bond motifs is 1. The van der Waals surface area contributed by atoms with E-state index in [4.69, 9.17) is 4.74 Å². The molecule has 1 aliphatic heterocycles. The highest BCUT2D eigenvalue weighted by molar-refractivity contribution is 7.99. The van der Waals surface area contributed by atoms with Crippen molar-refractivity contribution in [1.82, 2.24) is 9.80 Å². The first kappa shape index (κ1) is 37.8. The van der Waals surface area contributed by atoms with Crippen LogP contribution in [0.5, 0.6) is 5.75 Å². The van der Waals surface area contributed by atoms with Gasteiger partial charge in [0.1, 0.15) is 6.10 Å². The second-order valence-corrected chi connectivity index (χ2v) is 13.9. The molecule has 7 nitrogen and oxygen atoms in total. The Balaban J connectivity index is 1.33. The Bertz CT molecular complexity index is 1840. The Labute approximate surface area is 297 Å². The number of carbonyl (C=O) groups excluding carboxylic acids is 2. The highest BCUT2D eigenvalue weighted by Crippen LogP contribution is 2.36. The first-order valence-electron chi connectivity index (χ1n) is 16.3. The molecule has 4 aromatic carbocycles. The summed E-state index contributed by atoms with van der Waals surface area (Å²) < 4.78 is 72.6. The van der Waals surface area contributed by atoms with Crippen LogP contribution in [-0.2, 0) is 23.9 Å². The maximum absolute atomic E-state index is 13.8. The van der Waals surface area contributed by atoms with Crippen molar-refractivity contribution in [3.63, 3.8) is 0 Å². The van der Waals surface area contributed by atoms with E-state index in [1.54, 1.807) is 30.0 Å². The molecule has 270 valence electrons. The summed E-state index contributed by atoms with van der Waals surface area (Å²) in [5, 5.41) is 12.8. The summed E-state index contributed by atoms with van der Waals surface area (Å²) in [5.74, 6) is -2.72. The third-order valence-corrected chi connectivity index (χ3v) is 9.60. The highest BCUT2D eigenvalue weighted by Gasteiger charge is 2.35. The minimum atomic E-state index is -4.49. The second kappa shape index (κ2) is 16.3. The smallest absolute Gasteiger partial charge is 0.416 e. The Kier molecular flexibility index (Phi) is 12.0. The van der Waals surface area contributed by atoms with E-state index in [0.29, 0.717) is 30.1 Å². The minimum absolute atomic E-state index is 0.168. The van der Waals surface area contributed by atoms with Crippen molar-refractivity contribution in [2.75, 3.05) is 32.1 Å². The van der Waals surface area contributed by atoms with Crippen LogP contribution in [-0.4, -0.2) is 65.6 Å². The lowest BCUT2D eigenvalue weighted by Gasteiger charge is -2.38. The van der Waals surface area contributed by atoms with Crippen LogP contribution >= 0.6 is 11.8 Å². The number of aliphatic hydroxyl groups is 1. The monoisotopic (exact) mass is 727 g/mol. The highest BCUT2D eigenvalue weighted by atomic mass is 32.2. The van der Waals surface area contributed by atoms with E-state index < -0.39 is 41.4 Å². The van der Waals surface area contributed by atoms with Crippen LogP contribution in [0.15, 0.2) is 94.7 Å². The summed E-state index contributed by atoms with van der Waals surface area (Å²) in [5.41, 5.74) is 1.00. The van der Waals surface area contributed by atoms with Crippen molar-refractivity contribution in [1.29, 1.82) is 0 Å². The Hall–Kier alpha value is -4.46. The van der Waals surface area contributed by atoms with Gasteiger partial charge in [0.05, 0.1) is 35.9 Å². The van der Waals surface area contributed by atoms with E-state index in [9.17, 15) is 36.6 Å². The molecular weight excluding hydrogens is 689 g/mol. The van der Waals surface area contributed by atoms with Gasteiger partial charge in [-0.25, -0.2) is 8.78 Å². The number of aliphatic hydroxyl groups excluding tert-OH is 1. The van der Waals surface area contributed by atoms with E-state index in [1.165, 1.54) is 30.0 Å². The number of nitrogens with zero attached hydrogens (tertiary/aromatic N) is 2. The van der Waals surface area contributed by atoms with Crippen molar-refractivity contribution in [2.45, 2.75) is 54.9 Å². The molecule has 51 heavy (non-hydrogen) atoms. The summed E-state index contributed by atoms with van der Waals surface area (Å²) in [4.78, 5) is 32.0. The summed E-state index contributed by atoms with van der Waals surface area (Å²) in [7, 11) is 1.93. The molecule has 0 aliphatic carbocycles. The third kappa shape index (κ3) is 9.66. The lowest BCUT2D eigenvalue weighted by atomic mass is 9.98. The van der Waals surface area contributed by atoms with Crippen LogP contribution in [0.25, 0.3) is 0 Å². The predicted molar refractivity (Wildman–Crippen MR) is 185 cm³/mol. The SMILES string of the molecule is C[C@@H]1CN([C@@H](C)CO)C(=O)c2cccc(NC(=O)Cc3ccc(C(F)(F)F)cc3)c2O[C@@H]1CN(C)Cc1ccc(Sc2ccc(F)c(F)c2)cc1. The molecule has 0 unspecified atom stereocenters. The van der Waals surface area contributed by atoms with Crippen molar-refractivity contribution >= 4 is 29.3 Å². The van der Waals surface area contributed by atoms with E-state index in [0.717, 1.165) is 34.7 Å². The number of benzene rings is 4. The van der Waals surface area contributed by atoms with E-state index in [2.05, 4.69) is 10.2 Å². The average Bonchev–Trinajstić information content (AvgIpc) is 3.08. The summed E-state index contributed by atoms with van der Waals surface area (Å²) in [6.07, 6.45) is -5.16. The minimum Gasteiger partial charge on any atom is -0.486 e. The third-order valence-electron chi connectivity index (χ3n) is 8.61. The number of anilines is 1. The van der Waals surface area contributed by atoms with Crippen LogP contribution in [0.1, 0.15) is 40.9 Å². The van der Waals surface area contributed by atoms with Gasteiger partial charge in [0.25, 0.3) is 5.91 Å². The molecule has 2 N–H and O–H groups in total. The van der Waals surface area contributed by atoms with E-state index in [-0.39, 0.29) is 41.9 Å². The van der Waals surface area contributed by atoms with Crippen molar-refractivity contribution in [3.05, 3.63) is 119 Å². The Morgan fingerprint density at radius 1 is 1.00 bits per heavy atom. The van der Waals surface area contributed by atoms with Gasteiger partial charge < -0.3 is 20.1 Å². The molecule has 0 radical (unpaired) electrons. The number of likely N-dealkylation sites (N-methyl/N-ethyl adjacent to an activating group) is 1. The van der Waals surface area contributed by atoms with Crippen LogP contribution in [0.4, 0.5) is 27.6 Å². The van der Waals surface area contributed by atoms with Gasteiger partial charge in [-0.3, -0.25) is 14.5 Å². The number of alkyl halides is 3. The molecule has 0 saturated carbocycles. The van der Waals surface area contributed by atoms with Crippen LogP contribution < -0.4 is 10.1 Å². The molecule has 0 fully saturated rings. The first-order chi connectivity index (χ1) is 24.2. The number of para-hydroxylation sites is 1. The average molecular weight is 728 g/mol. The fraction of sp³-hybridized carbons (Fsp3) is 0.316. The standard InChI is InChI=1S/C38H38F5N3O4S/c1-23-19-46(24(2)22-47)37(49)30-5-4-6-33(44-35(48)17-25-7-11-27(12-8-25)38(41,42)43)36(30)50-34(23)21-45(3)20-26-9-13-28(14-10-26)51-29-15-16-31(39)32(40)18-29/h4-16,18,23-24,34,47H,17,19-22H2,1-3H3,(H,44,48)/t23-,24+,34-/m1/s1. The zero-order valence-electron chi connectivity index (χ0n) is 28.2. The lowest BCUT2D eigenvalue weighted by Crippen LogP contribution is -2.49. The van der Waals surface area contributed by atoms with Gasteiger partial charge in [0, 0.05) is 35.3 Å². The fourth-order valence-electron chi connectivity index (χ4n) is 5.77. The molecule has 13 heteroatoms. The quantitative estimate of drug-likeness (QED) is 0.155. The number of amides is 2. The normalized spacial score (nSPS) is 17.0. The van der Waals surface area contributed by atoms with Gasteiger partial charge in [-0.15, -0.1) is 0 Å². The number of ether oxygens (including phenoxy) is 1. The zero-order chi connectivity index (χ0) is 36.9. The van der Waals surface area contributed by atoms with Gasteiger partial charge in [0.2, 0.25) is 5.91 Å². The van der Waals surface area contributed by atoms with Gasteiger partial charge in [-0.05, 0) is 79.7 Å². The maximum Gasteiger partial charge on any atom is 0.416 e. The number of carbonyl (C=O) groups is 2. The number of halogens is 5. The van der Waals surface area contributed by atoms with Gasteiger partial charge in [-0.1, -0.05) is 49.0 Å². The topological polar surface area (TPSA) is 82.1 Å². The lowest BCUT2D eigenvalue weighted by molar-refractivity contribution is -0.137. The largest absolute Gasteiger partial charge is 0.486 e. The summed E-state index contributed by atoms with van der Waals surface area (Å²) in [6, 6.07) is 20.1. The van der Waals surface area contributed by atoms with E-state index >= 15 is 0 Å². The summed E-state index contributed by atoms with van der Waals surface area (Å²) >= 11 is 1.31. The molecule has 1 aliphatic rings. The van der Waals surface area contributed by atoms with Gasteiger partial charge >= 0.3 is 6.18 Å². The van der Waals surface area contributed by atoms with Crippen molar-refractivity contribution < 1.29 is 41.4 Å². The fourth-order valence-corrected chi connectivity index (χ4v) is 6.62. The van der Waals surface area contributed by atoms with Crippen molar-refractivity contribution in [3.8, 4) is 5.75 Å². The van der Waals surface area contributed by atoms with Crippen LogP contribution in [0.3, 0.4) is 0 Å². The molecule has 0 saturated heterocycles. The molecule has 0 spiro atoms. The molecular formula is C38H38F5N3O4S. The van der Waals surface area contributed by atoms with E-state index in [1.807, 2.05) is 38.2 Å². The number of hydrogen-bond donors (Lipinski definition) is 2. The molecule has 0 aromatic heterocycles. The zero-order valence-corrected chi connectivity index (χ0v) is 29.0. The van der Waals surface area contributed by atoms with Gasteiger partial charge in [-0.2, -0.15) is 13.2 Å². The van der Waals surface area contributed by atoms with Crippen molar-refractivity contribution in [2.24, 2.45) is 5.92 Å². The molecule has 3 atom stereocenters. The Morgan fingerprint density at radius 2 is 1.67 bits per heavy atom. The first-order valence-corrected chi connectivity index (χ1v) is 17.1. The maximum atomic E-state index is 13.8. The number of nitrogens with one attached hydrogen (secondary N) is 1. The van der Waals surface area contributed by atoms with Crippen LogP contribution in [0.2, 0.25) is 0 Å². The second-order valence-electron chi connectivity index (χ2n) is 12.7. The number of rotatable bonds is 11. The molecule has 4 aromatic rings. The molecule has 2 amide bonds. The Morgan fingerprint density at radius 3 is 2.31 bits per heavy atom. The van der Waals surface area contributed by atoms with Gasteiger partial charge in [0.15, 0.2) is 17.4 Å². The molecule has 1 heterocycles. The number of hydrogen-bond acceptors (Lipinski definition) is 6.